The van der Waals surface area contributed by atoms with Gasteiger partial charge in [-0.1, -0.05) is 0 Å². The van der Waals surface area contributed by atoms with Gasteiger partial charge in [0.2, 0.25) is 0 Å². The van der Waals surface area contributed by atoms with Crippen LogP contribution >= 0.6 is 11.3 Å². The van der Waals surface area contributed by atoms with Gasteiger partial charge in [0.1, 0.15) is 17.2 Å². The lowest BCUT2D eigenvalue weighted by molar-refractivity contribution is -0.207. The van der Waals surface area contributed by atoms with E-state index in [0.29, 0.717) is 28.4 Å². The summed E-state index contributed by atoms with van der Waals surface area (Å²) in [5.74, 6) is 0.609. The lowest BCUT2D eigenvalue weighted by Gasteiger charge is -2.15. The largest absolute Gasteiger partial charge is 0.489 e. The Morgan fingerprint density at radius 1 is 1.15 bits per heavy atom. The maximum Gasteiger partial charge on any atom is 0.416 e. The molecule has 0 amide bonds. The monoisotopic (exact) mass is 477 g/mol. The Morgan fingerprint density at radius 2 is 1.82 bits per heavy atom. The summed E-state index contributed by atoms with van der Waals surface area (Å²) in [5, 5.41) is 9.57. The minimum atomic E-state index is -4.90. The highest BCUT2D eigenvalue weighted by atomic mass is 32.1. The normalized spacial score (nSPS) is 12.8. The quantitative estimate of drug-likeness (QED) is 0.442. The van der Waals surface area contributed by atoms with Crippen molar-refractivity contribution < 1.29 is 23.0 Å². The van der Waals surface area contributed by atoms with E-state index in [1.165, 1.54) is 0 Å². The molecule has 0 aliphatic rings. The molecule has 11 heteroatoms. The first-order chi connectivity index (χ1) is 15.6. The van der Waals surface area contributed by atoms with Crippen molar-refractivity contribution >= 4 is 21.6 Å². The Bertz CT molecular complexity index is 1390. The number of thiophene rings is 1. The Balaban J connectivity index is 1.68. The molecule has 0 saturated heterocycles. The molecule has 7 nitrogen and oxygen atoms in total. The number of aliphatic hydroxyl groups excluding tert-OH is 1. The van der Waals surface area contributed by atoms with Gasteiger partial charge in [-0.05, 0) is 60.0 Å². The Morgan fingerprint density at radius 3 is 2.45 bits per heavy atom. The van der Waals surface area contributed by atoms with E-state index in [2.05, 4.69) is 4.98 Å². The van der Waals surface area contributed by atoms with Crippen LogP contribution in [0.5, 0.6) is 5.75 Å². The van der Waals surface area contributed by atoms with Crippen molar-refractivity contribution in [1.82, 2.24) is 14.5 Å². The molecule has 0 bridgehead atoms. The summed E-state index contributed by atoms with van der Waals surface area (Å²) < 4.78 is 45.1. The van der Waals surface area contributed by atoms with Gasteiger partial charge in [0, 0.05) is 17.3 Å². The number of benzene rings is 1. The first kappa shape index (κ1) is 22.7. The molecule has 0 radical (unpaired) electrons. The third-order valence-corrected chi connectivity index (χ3v) is 6.43. The third-order valence-electron chi connectivity index (χ3n) is 5.07. The maximum absolute atomic E-state index is 12.9. The van der Waals surface area contributed by atoms with Crippen LogP contribution in [0.4, 0.5) is 13.2 Å². The smallest absolute Gasteiger partial charge is 0.416 e. The zero-order chi connectivity index (χ0) is 23.8. The van der Waals surface area contributed by atoms with E-state index in [1.54, 1.807) is 43.6 Å². The van der Waals surface area contributed by atoms with Crippen LogP contribution in [0, 0.1) is 6.92 Å². The van der Waals surface area contributed by atoms with Crippen molar-refractivity contribution in [2.75, 3.05) is 0 Å². The lowest BCUT2D eigenvalue weighted by atomic mass is 10.1. The van der Waals surface area contributed by atoms with Gasteiger partial charge < -0.3 is 9.84 Å². The highest BCUT2D eigenvalue weighted by Gasteiger charge is 2.39. The molecule has 172 valence electrons. The number of ether oxygens (including phenoxy) is 1. The first-order valence-corrected chi connectivity index (χ1v) is 10.6. The molecule has 0 fully saturated rings. The molecule has 0 aliphatic carbocycles. The van der Waals surface area contributed by atoms with Gasteiger partial charge in [0.25, 0.3) is 5.56 Å². The van der Waals surface area contributed by atoms with Crippen LogP contribution in [0.25, 0.3) is 20.7 Å². The molecule has 4 rings (SSSR count). The van der Waals surface area contributed by atoms with Crippen LogP contribution in [-0.4, -0.2) is 31.9 Å². The van der Waals surface area contributed by atoms with Crippen LogP contribution in [0.2, 0.25) is 0 Å². The number of hydrogen-bond acceptors (Lipinski definition) is 6. The fraction of sp³-hybridized carbons (Fsp3) is 0.227. The molecule has 3 aromatic heterocycles. The van der Waals surface area contributed by atoms with Gasteiger partial charge in [0.15, 0.2) is 6.10 Å². The van der Waals surface area contributed by atoms with Gasteiger partial charge in [-0.3, -0.25) is 19.3 Å². The Labute approximate surface area is 188 Å². The van der Waals surface area contributed by atoms with E-state index in [0.717, 1.165) is 21.5 Å². The first-order valence-electron chi connectivity index (χ1n) is 9.78. The minimum Gasteiger partial charge on any atom is -0.489 e. The molecule has 1 atom stereocenters. The molecule has 4 aromatic rings. The van der Waals surface area contributed by atoms with Crippen LogP contribution in [0.3, 0.4) is 0 Å². The molecule has 2 N–H and O–H groups in total. The maximum atomic E-state index is 12.9. The summed E-state index contributed by atoms with van der Waals surface area (Å²) in [6.45, 7) is 0.996. The van der Waals surface area contributed by atoms with Crippen LogP contribution in [0.15, 0.2) is 58.4 Å². The van der Waals surface area contributed by atoms with E-state index < -0.39 is 30.1 Å². The number of aromatic amines is 1. The molecule has 0 spiro atoms. The second-order valence-electron chi connectivity index (χ2n) is 7.33. The summed E-state index contributed by atoms with van der Waals surface area (Å²) in [4.78, 5) is 31.3. The van der Waals surface area contributed by atoms with Crippen molar-refractivity contribution in [1.29, 1.82) is 0 Å². The lowest BCUT2D eigenvalue weighted by Crippen LogP contribution is -2.38. The molecule has 0 aliphatic heterocycles. The molecular weight excluding hydrogens is 459 g/mol. The van der Waals surface area contributed by atoms with E-state index >= 15 is 0 Å². The van der Waals surface area contributed by atoms with Crippen molar-refractivity contribution in [2.45, 2.75) is 32.4 Å². The summed E-state index contributed by atoms with van der Waals surface area (Å²) in [6.07, 6.45) is -4.31. The number of alkyl halides is 3. The third kappa shape index (κ3) is 4.69. The van der Waals surface area contributed by atoms with Gasteiger partial charge in [-0.15, -0.1) is 11.3 Å². The van der Waals surface area contributed by atoms with Crippen LogP contribution < -0.4 is 16.0 Å². The average Bonchev–Trinajstić information content (AvgIpc) is 3.13. The van der Waals surface area contributed by atoms with E-state index in [1.807, 2.05) is 17.1 Å². The fourth-order valence-corrected chi connectivity index (χ4v) is 4.66. The van der Waals surface area contributed by atoms with Crippen molar-refractivity contribution in [3.8, 4) is 16.2 Å². The van der Waals surface area contributed by atoms with E-state index in [9.17, 15) is 27.9 Å². The number of fused-ring (bicyclic) bond motifs is 1. The number of aromatic nitrogens is 3. The Kier molecular flexibility index (Phi) is 6.09. The number of H-pyrrole nitrogens is 1. The molecule has 33 heavy (non-hydrogen) atoms. The SMILES string of the molecule is Cc1c(-c2ccc(OCc3ccncc3)cc2)sc2c1c(=O)[nH]c(=O)n2CC(O)C(F)(F)F. The number of rotatable bonds is 6. The molecule has 0 saturated carbocycles. The van der Waals surface area contributed by atoms with Gasteiger partial charge >= 0.3 is 11.9 Å². The van der Waals surface area contributed by atoms with Gasteiger partial charge in [-0.25, -0.2) is 4.79 Å². The highest BCUT2D eigenvalue weighted by molar-refractivity contribution is 7.22. The van der Waals surface area contributed by atoms with Crippen molar-refractivity contribution in [3.63, 3.8) is 0 Å². The number of aryl methyl sites for hydroxylation is 1. The second-order valence-corrected chi connectivity index (χ2v) is 8.33. The molecule has 1 aromatic carbocycles. The van der Waals surface area contributed by atoms with Crippen LogP contribution in [0.1, 0.15) is 11.1 Å². The predicted octanol–water partition coefficient (Wildman–Crippen LogP) is 3.62. The summed E-state index contributed by atoms with van der Waals surface area (Å²) in [5.41, 5.74) is 0.484. The number of nitrogens with one attached hydrogen (secondary N) is 1. The molecular formula is C22H18F3N3O4S. The van der Waals surface area contributed by atoms with E-state index in [-0.39, 0.29) is 10.2 Å². The van der Waals surface area contributed by atoms with Gasteiger partial charge in [0.05, 0.1) is 11.9 Å². The van der Waals surface area contributed by atoms with Crippen molar-refractivity contribution in [3.05, 3.63) is 80.8 Å². The molecule has 3 heterocycles. The van der Waals surface area contributed by atoms with E-state index in [4.69, 9.17) is 4.74 Å². The minimum absolute atomic E-state index is 0.0672. The fourth-order valence-electron chi connectivity index (χ4n) is 3.34. The number of nitrogens with zero attached hydrogens (tertiary/aromatic N) is 2. The zero-order valence-electron chi connectivity index (χ0n) is 17.2. The van der Waals surface area contributed by atoms with Gasteiger partial charge in [-0.2, -0.15) is 13.2 Å². The Hall–Kier alpha value is -3.44. The summed E-state index contributed by atoms with van der Waals surface area (Å²) in [7, 11) is 0. The predicted molar refractivity (Wildman–Crippen MR) is 118 cm³/mol. The summed E-state index contributed by atoms with van der Waals surface area (Å²) >= 11 is 1.02. The second kappa shape index (κ2) is 8.83. The number of halogens is 3. The zero-order valence-corrected chi connectivity index (χ0v) is 18.0. The standard InChI is InChI=1S/C22H18F3N3O4S/c1-12-17-19(30)27-21(31)28(10-16(29)22(23,24)25)20(17)33-18(12)14-2-4-15(5-3-14)32-11-13-6-8-26-9-7-13/h2-9,16,29H,10-11H2,1H3,(H,27,30,31). The molecule has 1 unspecified atom stereocenters. The number of hydrogen-bond donors (Lipinski definition) is 2. The number of pyridine rings is 1. The number of aliphatic hydroxyl groups is 1. The topological polar surface area (TPSA) is 97.2 Å². The van der Waals surface area contributed by atoms with Crippen molar-refractivity contribution in [2.24, 2.45) is 0 Å². The average molecular weight is 477 g/mol. The summed E-state index contributed by atoms with van der Waals surface area (Å²) in [6, 6.07) is 10.7. The van der Waals surface area contributed by atoms with Crippen LogP contribution in [-0.2, 0) is 13.2 Å². The highest BCUT2D eigenvalue weighted by Crippen LogP contribution is 2.37.